The van der Waals surface area contributed by atoms with Gasteiger partial charge in [-0.2, -0.15) is 0 Å². The monoisotopic (exact) mass is 316 g/mol. The first kappa shape index (κ1) is 14.5. The van der Waals surface area contributed by atoms with Gasteiger partial charge in [-0.05, 0) is 36.8 Å². The Morgan fingerprint density at radius 3 is 2.42 bits per heavy atom. The van der Waals surface area contributed by atoms with E-state index < -0.39 is 6.10 Å². The molecule has 0 aliphatic carbocycles. The Morgan fingerprint density at radius 1 is 1.05 bits per heavy atom. The third-order valence-corrected chi connectivity index (χ3v) is 3.69. The molecule has 2 aromatic carbocycles. The second-order valence-electron chi connectivity index (χ2n) is 4.01. The molecule has 0 fully saturated rings. The molecule has 5 heteroatoms. The van der Waals surface area contributed by atoms with Gasteiger partial charge in [0.05, 0.1) is 16.1 Å². The summed E-state index contributed by atoms with van der Waals surface area (Å²) in [7, 11) is 0. The Kier molecular flexibility index (Phi) is 4.58. The van der Waals surface area contributed by atoms with Crippen molar-refractivity contribution in [3.8, 4) is 11.5 Å². The number of aliphatic hydroxyl groups excluding tert-OH is 1. The summed E-state index contributed by atoms with van der Waals surface area (Å²) >= 11 is 18.0. The summed E-state index contributed by atoms with van der Waals surface area (Å²) in [5, 5.41) is 10.7. The predicted octanol–water partition coefficient (Wildman–Crippen LogP) is 5.49. The zero-order valence-corrected chi connectivity index (χ0v) is 12.3. The van der Waals surface area contributed by atoms with Crippen molar-refractivity contribution in [3.63, 3.8) is 0 Å². The molecule has 2 rings (SSSR count). The van der Waals surface area contributed by atoms with E-state index in [0.29, 0.717) is 32.1 Å². The number of hydrogen-bond donors (Lipinski definition) is 1. The molecule has 1 atom stereocenters. The van der Waals surface area contributed by atoms with Gasteiger partial charge in [0, 0.05) is 0 Å². The molecule has 2 aromatic rings. The summed E-state index contributed by atoms with van der Waals surface area (Å²) in [4.78, 5) is 0. The van der Waals surface area contributed by atoms with Gasteiger partial charge in [0.2, 0.25) is 0 Å². The topological polar surface area (TPSA) is 29.5 Å². The van der Waals surface area contributed by atoms with Crippen molar-refractivity contribution in [3.05, 3.63) is 57.0 Å². The molecule has 19 heavy (non-hydrogen) atoms. The average Bonchev–Trinajstić information content (AvgIpc) is 2.34. The maximum absolute atomic E-state index is 9.50. The Morgan fingerprint density at radius 2 is 1.79 bits per heavy atom. The molecular weight excluding hydrogens is 307 g/mol. The second-order valence-corrected chi connectivity index (χ2v) is 5.21. The van der Waals surface area contributed by atoms with Crippen molar-refractivity contribution < 1.29 is 9.84 Å². The number of aliphatic hydroxyl groups is 1. The second kappa shape index (κ2) is 6.02. The van der Waals surface area contributed by atoms with E-state index in [1.165, 1.54) is 0 Å². The van der Waals surface area contributed by atoms with Crippen LogP contribution in [0.25, 0.3) is 0 Å². The van der Waals surface area contributed by atoms with Gasteiger partial charge in [-0.25, -0.2) is 0 Å². The molecule has 100 valence electrons. The summed E-state index contributed by atoms with van der Waals surface area (Å²) in [6, 6.07) is 10.2. The molecule has 0 amide bonds. The maximum atomic E-state index is 9.50. The molecule has 2 nitrogen and oxygen atoms in total. The van der Waals surface area contributed by atoms with Crippen LogP contribution in [0, 0.1) is 0 Å². The minimum Gasteiger partial charge on any atom is -0.456 e. The van der Waals surface area contributed by atoms with Crippen LogP contribution in [0.2, 0.25) is 15.1 Å². The van der Waals surface area contributed by atoms with Gasteiger partial charge in [0.25, 0.3) is 0 Å². The largest absolute Gasteiger partial charge is 0.456 e. The Balaban J connectivity index is 2.29. The Labute approximate surface area is 126 Å². The molecule has 0 aliphatic rings. The van der Waals surface area contributed by atoms with Crippen LogP contribution in [0.15, 0.2) is 36.4 Å². The lowest BCUT2D eigenvalue weighted by Gasteiger charge is -2.11. The van der Waals surface area contributed by atoms with Crippen molar-refractivity contribution in [2.45, 2.75) is 13.0 Å². The first-order chi connectivity index (χ1) is 8.99. The lowest BCUT2D eigenvalue weighted by Crippen LogP contribution is -1.93. The standard InChI is InChI=1S/C14H11Cl3O2/c1-8(18)10-6-5-9(7-12(10)16)19-13-4-2-3-11(15)14(13)17/h2-8,18H,1H3. The fourth-order valence-electron chi connectivity index (χ4n) is 1.60. The van der Waals surface area contributed by atoms with Crippen molar-refractivity contribution in [1.82, 2.24) is 0 Å². The van der Waals surface area contributed by atoms with Crippen LogP contribution in [-0.4, -0.2) is 5.11 Å². The summed E-state index contributed by atoms with van der Waals surface area (Å²) in [6.45, 7) is 1.65. The van der Waals surface area contributed by atoms with E-state index in [1.807, 2.05) is 0 Å². The highest BCUT2D eigenvalue weighted by atomic mass is 35.5. The first-order valence-corrected chi connectivity index (χ1v) is 6.72. The SMILES string of the molecule is CC(O)c1ccc(Oc2cccc(Cl)c2Cl)cc1Cl. The molecule has 0 saturated carbocycles. The Hall–Kier alpha value is -0.930. The van der Waals surface area contributed by atoms with Crippen LogP contribution in [0.5, 0.6) is 11.5 Å². The highest BCUT2D eigenvalue weighted by molar-refractivity contribution is 6.42. The highest BCUT2D eigenvalue weighted by Crippen LogP contribution is 2.36. The predicted molar refractivity (Wildman–Crippen MR) is 78.6 cm³/mol. The molecule has 1 unspecified atom stereocenters. The number of ether oxygens (including phenoxy) is 1. The quantitative estimate of drug-likeness (QED) is 0.810. The van der Waals surface area contributed by atoms with E-state index in [-0.39, 0.29) is 0 Å². The minimum absolute atomic E-state index is 0.347. The smallest absolute Gasteiger partial charge is 0.147 e. The van der Waals surface area contributed by atoms with Crippen LogP contribution in [0.4, 0.5) is 0 Å². The lowest BCUT2D eigenvalue weighted by molar-refractivity contribution is 0.199. The van der Waals surface area contributed by atoms with Gasteiger partial charge >= 0.3 is 0 Å². The fraction of sp³-hybridized carbons (Fsp3) is 0.143. The zero-order chi connectivity index (χ0) is 14.0. The summed E-state index contributed by atoms with van der Waals surface area (Å²) in [5.74, 6) is 0.980. The van der Waals surface area contributed by atoms with Crippen LogP contribution < -0.4 is 4.74 Å². The van der Waals surface area contributed by atoms with E-state index in [0.717, 1.165) is 0 Å². The molecule has 0 bridgehead atoms. The van der Waals surface area contributed by atoms with Gasteiger partial charge in [-0.15, -0.1) is 0 Å². The van der Waals surface area contributed by atoms with Crippen molar-refractivity contribution in [1.29, 1.82) is 0 Å². The number of hydrogen-bond acceptors (Lipinski definition) is 2. The molecule has 0 radical (unpaired) electrons. The van der Waals surface area contributed by atoms with E-state index in [9.17, 15) is 5.11 Å². The fourth-order valence-corrected chi connectivity index (χ4v) is 2.26. The minimum atomic E-state index is -0.628. The van der Waals surface area contributed by atoms with Crippen molar-refractivity contribution >= 4 is 34.8 Å². The Bertz CT molecular complexity index is 597. The third-order valence-electron chi connectivity index (χ3n) is 2.57. The average molecular weight is 318 g/mol. The summed E-state index contributed by atoms with van der Waals surface area (Å²) < 4.78 is 5.62. The lowest BCUT2D eigenvalue weighted by atomic mass is 10.1. The molecular formula is C14H11Cl3O2. The first-order valence-electron chi connectivity index (χ1n) is 5.58. The van der Waals surface area contributed by atoms with Gasteiger partial charge in [0.15, 0.2) is 0 Å². The molecule has 0 saturated heterocycles. The number of benzene rings is 2. The van der Waals surface area contributed by atoms with Crippen LogP contribution >= 0.6 is 34.8 Å². The van der Waals surface area contributed by atoms with Gasteiger partial charge in [-0.1, -0.05) is 46.9 Å². The van der Waals surface area contributed by atoms with E-state index >= 15 is 0 Å². The van der Waals surface area contributed by atoms with Gasteiger partial charge < -0.3 is 9.84 Å². The number of rotatable bonds is 3. The summed E-state index contributed by atoms with van der Waals surface area (Å²) in [5.41, 5.74) is 0.645. The highest BCUT2D eigenvalue weighted by Gasteiger charge is 2.10. The van der Waals surface area contributed by atoms with Crippen LogP contribution in [-0.2, 0) is 0 Å². The van der Waals surface area contributed by atoms with Gasteiger partial charge in [0.1, 0.15) is 16.5 Å². The van der Waals surface area contributed by atoms with Crippen LogP contribution in [0.1, 0.15) is 18.6 Å². The zero-order valence-electron chi connectivity index (χ0n) is 10.0. The molecule has 0 spiro atoms. The molecule has 0 aromatic heterocycles. The van der Waals surface area contributed by atoms with Crippen molar-refractivity contribution in [2.24, 2.45) is 0 Å². The normalized spacial score (nSPS) is 12.3. The molecule has 0 heterocycles. The maximum Gasteiger partial charge on any atom is 0.147 e. The van der Waals surface area contributed by atoms with Crippen LogP contribution in [0.3, 0.4) is 0 Å². The number of halogens is 3. The van der Waals surface area contributed by atoms with Crippen molar-refractivity contribution in [2.75, 3.05) is 0 Å². The molecule has 0 aliphatic heterocycles. The summed E-state index contributed by atoms with van der Waals surface area (Å²) in [6.07, 6.45) is -0.628. The van der Waals surface area contributed by atoms with E-state index in [4.69, 9.17) is 39.5 Å². The molecule has 1 N–H and O–H groups in total. The van der Waals surface area contributed by atoms with Gasteiger partial charge in [-0.3, -0.25) is 0 Å². The third kappa shape index (κ3) is 3.34. The van der Waals surface area contributed by atoms with E-state index in [2.05, 4.69) is 0 Å². The van der Waals surface area contributed by atoms with E-state index in [1.54, 1.807) is 43.3 Å².